The molecule has 1 aromatic carbocycles. The molecule has 0 radical (unpaired) electrons. The lowest BCUT2D eigenvalue weighted by molar-refractivity contribution is 0.00437. The quantitative estimate of drug-likeness (QED) is 0.593. The van der Waals surface area contributed by atoms with Gasteiger partial charge in [-0.25, -0.2) is 0 Å². The fraction of sp³-hybridized carbons (Fsp3) is 0.800. The first-order valence-electron chi connectivity index (χ1n) is 14.6. The lowest BCUT2D eigenvalue weighted by Gasteiger charge is -2.44. The Kier molecular flexibility index (Phi) is 7.62. The number of nitrogens with zero attached hydrogens (tertiary/aromatic N) is 4. The lowest BCUT2D eigenvalue weighted by atomic mass is 9.86. The number of benzene rings is 1. The lowest BCUT2D eigenvalue weighted by Crippen LogP contribution is -2.52. The number of fused-ring (bicyclic) bond motifs is 1. The molecule has 202 valence electrons. The summed E-state index contributed by atoms with van der Waals surface area (Å²) in [5.74, 6) is 1.16. The zero-order chi connectivity index (χ0) is 25.6. The number of rotatable bonds is 5. The van der Waals surface area contributed by atoms with Gasteiger partial charge in [-0.05, 0) is 83.5 Å². The molecule has 0 bridgehead atoms. The van der Waals surface area contributed by atoms with Crippen molar-refractivity contribution in [2.75, 3.05) is 70.9 Å². The average molecular weight is 499 g/mol. The third-order valence-electron chi connectivity index (χ3n) is 9.90. The van der Waals surface area contributed by atoms with E-state index in [-0.39, 0.29) is 5.60 Å². The zero-order valence-electron chi connectivity index (χ0n) is 24.0. The second kappa shape index (κ2) is 10.4. The van der Waals surface area contributed by atoms with E-state index < -0.39 is 0 Å². The van der Waals surface area contributed by atoms with Gasteiger partial charge < -0.3 is 19.3 Å². The molecule has 3 fully saturated rings. The zero-order valence-corrected chi connectivity index (χ0v) is 24.0. The van der Waals surface area contributed by atoms with Gasteiger partial charge in [0.05, 0.1) is 12.1 Å². The van der Waals surface area contributed by atoms with Crippen molar-refractivity contribution in [1.82, 2.24) is 14.7 Å². The third-order valence-corrected chi connectivity index (χ3v) is 9.90. The Labute approximate surface area is 219 Å². The van der Waals surface area contributed by atoms with Gasteiger partial charge in [-0.1, -0.05) is 6.92 Å². The minimum atomic E-state index is -0.211. The molecule has 3 aliphatic heterocycles. The summed E-state index contributed by atoms with van der Waals surface area (Å²) in [4.78, 5) is 10.7. The summed E-state index contributed by atoms with van der Waals surface area (Å²) in [7, 11) is 1.87. The Balaban J connectivity index is 1.37. The summed E-state index contributed by atoms with van der Waals surface area (Å²) in [5.41, 5.74) is 6.93. The second-order valence-corrected chi connectivity index (χ2v) is 12.2. The smallest absolute Gasteiger partial charge is 0.128 e. The topological polar surface area (TPSA) is 31.4 Å². The Morgan fingerprint density at radius 1 is 0.806 bits per heavy atom. The molecule has 6 nitrogen and oxygen atoms in total. The summed E-state index contributed by atoms with van der Waals surface area (Å²) in [6, 6.07) is 1.06. The maximum Gasteiger partial charge on any atom is 0.128 e. The van der Waals surface area contributed by atoms with Crippen molar-refractivity contribution in [1.29, 1.82) is 0 Å². The van der Waals surface area contributed by atoms with Crippen LogP contribution in [0.2, 0.25) is 0 Å². The third kappa shape index (κ3) is 4.68. The number of piperazine rings is 2. The highest BCUT2D eigenvalue weighted by Crippen LogP contribution is 2.53. The molecule has 6 heteroatoms. The van der Waals surface area contributed by atoms with Gasteiger partial charge in [0.1, 0.15) is 11.4 Å². The first kappa shape index (κ1) is 26.3. The minimum Gasteiger partial charge on any atom is -0.485 e. The highest BCUT2D eigenvalue weighted by Gasteiger charge is 2.48. The van der Waals surface area contributed by atoms with Crippen LogP contribution >= 0.6 is 0 Å². The van der Waals surface area contributed by atoms with Crippen molar-refractivity contribution in [3.05, 3.63) is 22.3 Å². The number of hydrogen-bond donors (Lipinski definition) is 0. The van der Waals surface area contributed by atoms with E-state index in [0.717, 1.165) is 57.6 Å². The fourth-order valence-electron chi connectivity index (χ4n) is 7.65. The fourth-order valence-corrected chi connectivity index (χ4v) is 7.65. The van der Waals surface area contributed by atoms with Crippen LogP contribution in [0.4, 0.5) is 5.69 Å². The van der Waals surface area contributed by atoms with Gasteiger partial charge in [0, 0.05) is 76.8 Å². The van der Waals surface area contributed by atoms with E-state index in [0.29, 0.717) is 12.1 Å². The van der Waals surface area contributed by atoms with E-state index in [1.165, 1.54) is 66.7 Å². The first-order valence-corrected chi connectivity index (χ1v) is 14.6. The molecule has 1 aromatic rings. The van der Waals surface area contributed by atoms with E-state index in [1.807, 2.05) is 7.11 Å². The highest BCUT2D eigenvalue weighted by molar-refractivity contribution is 5.71. The second-order valence-electron chi connectivity index (χ2n) is 12.2. The van der Waals surface area contributed by atoms with Crippen molar-refractivity contribution in [3.8, 4) is 5.75 Å². The SMILES string of the molecule is CCN1CCN(C2c3c(C)c(N4CCN(C5CCC(OC)CC5)CC4)c(C)c(C)c3OC2(C)C)CC1. The summed E-state index contributed by atoms with van der Waals surface area (Å²) in [6.07, 6.45) is 5.48. The van der Waals surface area contributed by atoms with Gasteiger partial charge in [0.2, 0.25) is 0 Å². The monoisotopic (exact) mass is 498 g/mol. The van der Waals surface area contributed by atoms with E-state index in [1.54, 1.807) is 0 Å². The molecule has 36 heavy (non-hydrogen) atoms. The van der Waals surface area contributed by atoms with Gasteiger partial charge in [0.25, 0.3) is 0 Å². The molecule has 3 heterocycles. The Morgan fingerprint density at radius 3 is 2.00 bits per heavy atom. The Hall–Kier alpha value is -1.34. The molecule has 5 rings (SSSR count). The molecule has 4 aliphatic rings. The van der Waals surface area contributed by atoms with Crippen molar-refractivity contribution < 1.29 is 9.47 Å². The number of ether oxygens (including phenoxy) is 2. The van der Waals surface area contributed by atoms with E-state index in [2.05, 4.69) is 61.1 Å². The summed E-state index contributed by atoms with van der Waals surface area (Å²) in [5, 5.41) is 0. The predicted octanol–water partition coefficient (Wildman–Crippen LogP) is 4.54. The number of anilines is 1. The molecule has 1 saturated carbocycles. The summed E-state index contributed by atoms with van der Waals surface area (Å²) >= 11 is 0. The van der Waals surface area contributed by atoms with Crippen LogP contribution in [-0.2, 0) is 4.74 Å². The number of hydrogen-bond acceptors (Lipinski definition) is 6. The van der Waals surface area contributed by atoms with Crippen molar-refractivity contribution in [3.63, 3.8) is 0 Å². The molecule has 1 unspecified atom stereocenters. The number of methoxy groups -OCH3 is 1. The van der Waals surface area contributed by atoms with Crippen LogP contribution in [0.1, 0.15) is 74.8 Å². The minimum absolute atomic E-state index is 0.211. The van der Waals surface area contributed by atoms with Crippen LogP contribution in [0.15, 0.2) is 0 Å². The molecular weight excluding hydrogens is 448 g/mol. The van der Waals surface area contributed by atoms with Crippen LogP contribution in [0.5, 0.6) is 5.75 Å². The first-order chi connectivity index (χ1) is 17.2. The van der Waals surface area contributed by atoms with Crippen LogP contribution in [0.25, 0.3) is 0 Å². The van der Waals surface area contributed by atoms with Crippen molar-refractivity contribution in [2.24, 2.45) is 0 Å². The maximum atomic E-state index is 6.77. The van der Waals surface area contributed by atoms with Crippen molar-refractivity contribution >= 4 is 5.69 Å². The van der Waals surface area contributed by atoms with Gasteiger partial charge in [-0.3, -0.25) is 9.80 Å². The predicted molar refractivity (Wildman–Crippen MR) is 149 cm³/mol. The van der Waals surface area contributed by atoms with Gasteiger partial charge >= 0.3 is 0 Å². The molecule has 1 aliphatic carbocycles. The van der Waals surface area contributed by atoms with E-state index in [9.17, 15) is 0 Å². The van der Waals surface area contributed by atoms with E-state index in [4.69, 9.17) is 9.47 Å². The molecule has 0 N–H and O–H groups in total. The summed E-state index contributed by atoms with van der Waals surface area (Å²) < 4.78 is 12.4. The Bertz CT molecular complexity index is 924. The average Bonchev–Trinajstić information content (AvgIpc) is 3.19. The highest BCUT2D eigenvalue weighted by atomic mass is 16.5. The normalized spacial score (nSPS) is 29.9. The largest absolute Gasteiger partial charge is 0.485 e. The van der Waals surface area contributed by atoms with Gasteiger partial charge in [-0.2, -0.15) is 0 Å². The molecule has 0 amide bonds. The number of likely N-dealkylation sites (N-methyl/N-ethyl adjacent to an activating group) is 1. The summed E-state index contributed by atoms with van der Waals surface area (Å²) in [6.45, 7) is 24.1. The van der Waals surface area contributed by atoms with Crippen LogP contribution < -0.4 is 9.64 Å². The molecule has 0 spiro atoms. The van der Waals surface area contributed by atoms with Crippen LogP contribution in [0.3, 0.4) is 0 Å². The van der Waals surface area contributed by atoms with Gasteiger partial charge in [-0.15, -0.1) is 0 Å². The molecule has 1 atom stereocenters. The molecule has 2 saturated heterocycles. The van der Waals surface area contributed by atoms with Gasteiger partial charge in [0.15, 0.2) is 0 Å². The molecular formula is C30H50N4O2. The van der Waals surface area contributed by atoms with Crippen LogP contribution in [-0.4, -0.2) is 98.5 Å². The van der Waals surface area contributed by atoms with E-state index >= 15 is 0 Å². The standard InChI is InChI=1S/C30H50N4O2/c1-8-31-13-15-34(16-14-31)29-26-23(4)27(21(2)22(3)28(26)36-30(29,5)6)33-19-17-32(18-20-33)24-9-11-25(35-7)12-10-24/h24-25,29H,8-20H2,1-7H3. The maximum absolute atomic E-state index is 6.77. The van der Waals surface area contributed by atoms with Crippen LogP contribution in [0, 0.1) is 20.8 Å². The molecule has 0 aromatic heterocycles. The Morgan fingerprint density at radius 2 is 1.42 bits per heavy atom. The van der Waals surface area contributed by atoms with Crippen molar-refractivity contribution in [2.45, 2.75) is 91.0 Å².